The minimum absolute atomic E-state index is 0.404. The van der Waals surface area contributed by atoms with E-state index in [1.54, 1.807) is 0 Å². The molecule has 2 aromatic heterocycles. The highest BCUT2D eigenvalue weighted by Gasteiger charge is 2.04. The van der Waals surface area contributed by atoms with Gasteiger partial charge in [0.25, 0.3) is 0 Å². The van der Waals surface area contributed by atoms with Crippen molar-refractivity contribution in [2.24, 2.45) is 0 Å². The highest BCUT2D eigenvalue weighted by atomic mass is 15.3. The van der Waals surface area contributed by atoms with Crippen molar-refractivity contribution in [2.75, 3.05) is 7.05 Å². The third kappa shape index (κ3) is 2.94. The zero-order chi connectivity index (χ0) is 12.3. The Morgan fingerprint density at radius 3 is 2.88 bits per heavy atom. The van der Waals surface area contributed by atoms with Gasteiger partial charge < -0.3 is 5.32 Å². The maximum absolute atomic E-state index is 4.50. The van der Waals surface area contributed by atoms with Crippen molar-refractivity contribution < 1.29 is 0 Å². The summed E-state index contributed by atoms with van der Waals surface area (Å²) in [5.74, 6) is 0. The van der Waals surface area contributed by atoms with Gasteiger partial charge >= 0.3 is 0 Å². The first-order valence-electron chi connectivity index (χ1n) is 5.89. The molecular weight excluding hydrogens is 214 g/mol. The van der Waals surface area contributed by atoms with Crippen molar-refractivity contribution in [3.8, 4) is 0 Å². The molecule has 0 atom stereocenters. The van der Waals surface area contributed by atoms with Gasteiger partial charge in [-0.3, -0.25) is 9.36 Å². The number of nitrogens with zero attached hydrogens (tertiary/aromatic N) is 4. The maximum atomic E-state index is 4.50. The van der Waals surface area contributed by atoms with Gasteiger partial charge in [-0.2, -0.15) is 10.2 Å². The summed E-state index contributed by atoms with van der Waals surface area (Å²) >= 11 is 0. The van der Waals surface area contributed by atoms with Crippen LogP contribution in [0.5, 0.6) is 0 Å². The first-order chi connectivity index (χ1) is 8.19. The molecule has 2 heterocycles. The summed E-state index contributed by atoms with van der Waals surface area (Å²) in [7, 11) is 1.93. The molecule has 0 aromatic carbocycles. The van der Waals surface area contributed by atoms with Crippen LogP contribution in [0.4, 0.5) is 0 Å². The predicted molar refractivity (Wildman–Crippen MR) is 66.7 cm³/mol. The molecule has 2 rings (SSSR count). The molecule has 0 saturated heterocycles. The van der Waals surface area contributed by atoms with Crippen LogP contribution in [0.15, 0.2) is 24.7 Å². The first kappa shape index (κ1) is 11.9. The average molecular weight is 233 g/mol. The van der Waals surface area contributed by atoms with E-state index in [4.69, 9.17) is 0 Å². The van der Waals surface area contributed by atoms with Gasteiger partial charge in [0, 0.05) is 30.5 Å². The van der Waals surface area contributed by atoms with Crippen molar-refractivity contribution in [1.82, 2.24) is 24.9 Å². The SMILES string of the molecule is CNCc1cnn(Cc2ccn(C(C)C)n2)c1. The van der Waals surface area contributed by atoms with E-state index in [9.17, 15) is 0 Å². The molecule has 0 aliphatic heterocycles. The van der Waals surface area contributed by atoms with Gasteiger partial charge in [0.05, 0.1) is 18.4 Å². The summed E-state index contributed by atoms with van der Waals surface area (Å²) < 4.78 is 3.88. The largest absolute Gasteiger partial charge is 0.316 e. The van der Waals surface area contributed by atoms with Crippen LogP contribution in [0.1, 0.15) is 31.1 Å². The van der Waals surface area contributed by atoms with E-state index in [0.29, 0.717) is 6.04 Å². The lowest BCUT2D eigenvalue weighted by atomic mass is 10.3. The zero-order valence-electron chi connectivity index (χ0n) is 10.6. The molecule has 2 aromatic rings. The molecule has 5 heteroatoms. The van der Waals surface area contributed by atoms with Gasteiger partial charge in [-0.25, -0.2) is 0 Å². The van der Waals surface area contributed by atoms with Crippen molar-refractivity contribution in [3.63, 3.8) is 0 Å². The topological polar surface area (TPSA) is 47.7 Å². The van der Waals surface area contributed by atoms with E-state index >= 15 is 0 Å². The lowest BCUT2D eigenvalue weighted by Crippen LogP contribution is -2.05. The second-order valence-electron chi connectivity index (χ2n) is 4.46. The molecule has 0 unspecified atom stereocenters. The standard InChI is InChI=1S/C12H19N5/c1-10(2)17-5-4-12(15-17)9-16-8-11(6-13-3)7-14-16/h4-5,7-8,10,13H,6,9H2,1-3H3. The molecule has 0 aliphatic carbocycles. The maximum Gasteiger partial charge on any atom is 0.0849 e. The Morgan fingerprint density at radius 1 is 1.41 bits per heavy atom. The minimum atomic E-state index is 0.404. The Kier molecular flexibility index (Phi) is 3.58. The zero-order valence-corrected chi connectivity index (χ0v) is 10.6. The fourth-order valence-corrected chi connectivity index (χ4v) is 1.70. The fraction of sp³-hybridized carbons (Fsp3) is 0.500. The Morgan fingerprint density at radius 2 is 2.24 bits per heavy atom. The third-order valence-corrected chi connectivity index (χ3v) is 2.58. The van der Waals surface area contributed by atoms with Gasteiger partial charge in [0.15, 0.2) is 0 Å². The van der Waals surface area contributed by atoms with Crippen molar-refractivity contribution in [2.45, 2.75) is 33.0 Å². The summed E-state index contributed by atoms with van der Waals surface area (Å²) in [6, 6.07) is 2.45. The lowest BCUT2D eigenvalue weighted by molar-refractivity contribution is 0.520. The number of nitrogens with one attached hydrogen (secondary N) is 1. The molecule has 0 spiro atoms. The summed E-state index contributed by atoms with van der Waals surface area (Å²) in [6.45, 7) is 5.81. The van der Waals surface area contributed by atoms with E-state index in [0.717, 1.165) is 18.8 Å². The van der Waals surface area contributed by atoms with Crippen molar-refractivity contribution in [3.05, 3.63) is 35.9 Å². The molecule has 0 aliphatic rings. The Balaban J connectivity index is 2.03. The van der Waals surface area contributed by atoms with Gasteiger partial charge in [-0.15, -0.1) is 0 Å². The lowest BCUT2D eigenvalue weighted by Gasteiger charge is -2.03. The first-order valence-corrected chi connectivity index (χ1v) is 5.89. The molecule has 92 valence electrons. The van der Waals surface area contributed by atoms with E-state index < -0.39 is 0 Å². The molecule has 0 fully saturated rings. The molecule has 0 bridgehead atoms. The predicted octanol–water partition coefficient (Wildman–Crippen LogP) is 1.43. The van der Waals surface area contributed by atoms with E-state index in [-0.39, 0.29) is 0 Å². The third-order valence-electron chi connectivity index (χ3n) is 2.58. The number of hydrogen-bond acceptors (Lipinski definition) is 3. The summed E-state index contributed by atoms with van der Waals surface area (Å²) in [4.78, 5) is 0. The van der Waals surface area contributed by atoms with Gasteiger partial charge in [0.2, 0.25) is 0 Å². The minimum Gasteiger partial charge on any atom is -0.316 e. The van der Waals surface area contributed by atoms with Crippen molar-refractivity contribution >= 4 is 0 Å². The quantitative estimate of drug-likeness (QED) is 0.850. The van der Waals surface area contributed by atoms with Crippen LogP contribution in [0.25, 0.3) is 0 Å². The molecule has 0 radical (unpaired) electrons. The van der Waals surface area contributed by atoms with Crippen LogP contribution in [-0.4, -0.2) is 26.6 Å². The molecule has 5 nitrogen and oxygen atoms in total. The van der Waals surface area contributed by atoms with Crippen LogP contribution in [0.2, 0.25) is 0 Å². The molecule has 17 heavy (non-hydrogen) atoms. The van der Waals surface area contributed by atoms with Gasteiger partial charge in [0.1, 0.15) is 0 Å². The number of rotatable bonds is 5. The van der Waals surface area contributed by atoms with E-state index in [1.807, 2.05) is 41.1 Å². The molecule has 0 saturated carbocycles. The normalized spacial score (nSPS) is 11.3. The summed E-state index contributed by atoms with van der Waals surface area (Å²) in [5.41, 5.74) is 2.23. The Bertz CT molecular complexity index is 469. The second kappa shape index (κ2) is 5.14. The van der Waals surface area contributed by atoms with Crippen LogP contribution in [0.3, 0.4) is 0 Å². The monoisotopic (exact) mass is 233 g/mol. The van der Waals surface area contributed by atoms with Gasteiger partial charge in [-0.1, -0.05) is 0 Å². The number of hydrogen-bond donors (Lipinski definition) is 1. The van der Waals surface area contributed by atoms with E-state index in [1.165, 1.54) is 5.56 Å². The van der Waals surface area contributed by atoms with E-state index in [2.05, 4.69) is 29.4 Å². The Hall–Kier alpha value is -1.62. The molecular formula is C12H19N5. The van der Waals surface area contributed by atoms with Gasteiger partial charge in [-0.05, 0) is 27.0 Å². The Labute approximate surface area is 101 Å². The van der Waals surface area contributed by atoms with Crippen LogP contribution < -0.4 is 5.32 Å². The smallest absolute Gasteiger partial charge is 0.0849 e. The number of aromatic nitrogens is 4. The van der Waals surface area contributed by atoms with Crippen LogP contribution >= 0.6 is 0 Å². The van der Waals surface area contributed by atoms with Crippen LogP contribution in [0, 0.1) is 0 Å². The van der Waals surface area contributed by atoms with Crippen LogP contribution in [-0.2, 0) is 13.1 Å². The molecule has 1 N–H and O–H groups in total. The molecule has 0 amide bonds. The fourth-order valence-electron chi connectivity index (χ4n) is 1.70. The summed E-state index contributed by atoms with van der Waals surface area (Å²) in [5, 5.41) is 11.9. The summed E-state index contributed by atoms with van der Waals surface area (Å²) in [6.07, 6.45) is 5.94. The highest BCUT2D eigenvalue weighted by molar-refractivity contribution is 5.06. The second-order valence-corrected chi connectivity index (χ2v) is 4.46. The average Bonchev–Trinajstić information content (AvgIpc) is 2.89. The van der Waals surface area contributed by atoms with Crippen molar-refractivity contribution in [1.29, 1.82) is 0 Å². The highest BCUT2D eigenvalue weighted by Crippen LogP contribution is 2.06.